The Balaban J connectivity index is 2.11. The number of hydrogen-bond acceptors (Lipinski definition) is 2. The number of halogens is 2. The summed E-state index contributed by atoms with van der Waals surface area (Å²) in [5.41, 5.74) is 1.07. The van der Waals surface area contributed by atoms with Crippen LogP contribution in [0, 0.1) is 0 Å². The molecular weight excluding hydrogens is 279 g/mol. The van der Waals surface area contributed by atoms with Gasteiger partial charge in [0.05, 0.1) is 0 Å². The van der Waals surface area contributed by atoms with Crippen LogP contribution in [0.4, 0.5) is 0 Å². The number of piperidine rings is 1. The van der Waals surface area contributed by atoms with Gasteiger partial charge in [0.2, 0.25) is 0 Å². The molecule has 2 rings (SSSR count). The van der Waals surface area contributed by atoms with Crippen LogP contribution in [0.25, 0.3) is 0 Å². The first kappa shape index (κ1) is 15.1. The van der Waals surface area contributed by atoms with Crippen LogP contribution in [0.15, 0.2) is 18.2 Å². The summed E-state index contributed by atoms with van der Waals surface area (Å²) in [7, 11) is 0. The van der Waals surface area contributed by atoms with E-state index in [1.165, 1.54) is 12.8 Å². The summed E-state index contributed by atoms with van der Waals surface area (Å²) in [5.74, 6) is 0. The number of nitrogens with zero attached hydrogens (tertiary/aromatic N) is 1. The number of nitrogens with one attached hydrogen (secondary N) is 1. The van der Waals surface area contributed by atoms with Crippen molar-refractivity contribution in [2.24, 2.45) is 0 Å². The second-order valence-corrected chi connectivity index (χ2v) is 5.97. The van der Waals surface area contributed by atoms with Gasteiger partial charge in [0.25, 0.3) is 0 Å². The van der Waals surface area contributed by atoms with Gasteiger partial charge in [-0.1, -0.05) is 36.2 Å². The van der Waals surface area contributed by atoms with Gasteiger partial charge >= 0.3 is 0 Å². The Bertz CT molecular complexity index is 383. The van der Waals surface area contributed by atoms with Gasteiger partial charge in [-0.2, -0.15) is 0 Å². The molecule has 106 valence electrons. The quantitative estimate of drug-likeness (QED) is 0.885. The third-order valence-electron chi connectivity index (χ3n) is 3.76. The average Bonchev–Trinajstić information content (AvgIpc) is 2.43. The molecule has 0 bridgehead atoms. The first-order chi connectivity index (χ1) is 9.22. The predicted molar refractivity (Wildman–Crippen MR) is 83.1 cm³/mol. The molecule has 1 aromatic rings. The average molecular weight is 301 g/mol. The van der Waals surface area contributed by atoms with Crippen LogP contribution in [0.3, 0.4) is 0 Å². The summed E-state index contributed by atoms with van der Waals surface area (Å²) in [6, 6.07) is 6.40. The molecule has 4 heteroatoms. The topological polar surface area (TPSA) is 15.3 Å². The highest BCUT2D eigenvalue weighted by atomic mass is 35.5. The fourth-order valence-electron chi connectivity index (χ4n) is 2.74. The fourth-order valence-corrected chi connectivity index (χ4v) is 3.25. The largest absolute Gasteiger partial charge is 0.317 e. The van der Waals surface area contributed by atoms with Gasteiger partial charge in [0.15, 0.2) is 0 Å². The Kier molecular flexibility index (Phi) is 5.96. The fraction of sp³-hybridized carbons (Fsp3) is 0.600. The van der Waals surface area contributed by atoms with Gasteiger partial charge in [0, 0.05) is 28.2 Å². The second kappa shape index (κ2) is 7.49. The zero-order chi connectivity index (χ0) is 13.7. The highest BCUT2D eigenvalue weighted by Crippen LogP contribution is 2.27. The summed E-state index contributed by atoms with van der Waals surface area (Å²) >= 11 is 12.6. The van der Waals surface area contributed by atoms with Gasteiger partial charge in [-0.15, -0.1) is 0 Å². The van der Waals surface area contributed by atoms with Gasteiger partial charge < -0.3 is 5.32 Å². The number of rotatable bonds is 5. The van der Waals surface area contributed by atoms with Crippen molar-refractivity contribution in [2.75, 3.05) is 19.6 Å². The molecule has 0 aliphatic carbocycles. The lowest BCUT2D eigenvalue weighted by atomic mass is 10.0. The van der Waals surface area contributed by atoms with E-state index in [0.29, 0.717) is 6.04 Å². The molecular formula is C15H22Cl2N2. The molecule has 1 heterocycles. The van der Waals surface area contributed by atoms with Crippen molar-refractivity contribution in [1.29, 1.82) is 0 Å². The van der Waals surface area contributed by atoms with Gasteiger partial charge in [-0.25, -0.2) is 0 Å². The zero-order valence-electron chi connectivity index (χ0n) is 11.5. The van der Waals surface area contributed by atoms with Crippen LogP contribution in [0.1, 0.15) is 31.7 Å². The molecule has 1 aromatic carbocycles. The maximum absolute atomic E-state index is 6.29. The van der Waals surface area contributed by atoms with E-state index in [1.807, 2.05) is 18.2 Å². The Morgan fingerprint density at radius 1 is 1.21 bits per heavy atom. The van der Waals surface area contributed by atoms with Crippen LogP contribution in [-0.4, -0.2) is 30.6 Å². The van der Waals surface area contributed by atoms with E-state index in [-0.39, 0.29) is 0 Å². The maximum Gasteiger partial charge on any atom is 0.0465 e. The van der Waals surface area contributed by atoms with Crippen molar-refractivity contribution in [1.82, 2.24) is 10.2 Å². The van der Waals surface area contributed by atoms with Gasteiger partial charge in [0.1, 0.15) is 0 Å². The minimum Gasteiger partial charge on any atom is -0.317 e. The van der Waals surface area contributed by atoms with Crippen molar-refractivity contribution < 1.29 is 0 Å². The second-order valence-electron chi connectivity index (χ2n) is 5.15. The minimum absolute atomic E-state index is 0.647. The molecule has 0 unspecified atom stereocenters. The Labute approximate surface area is 126 Å². The summed E-state index contributed by atoms with van der Waals surface area (Å²) in [5, 5.41) is 4.98. The van der Waals surface area contributed by atoms with E-state index in [0.717, 1.165) is 48.2 Å². The van der Waals surface area contributed by atoms with Crippen molar-refractivity contribution in [3.05, 3.63) is 33.8 Å². The lowest BCUT2D eigenvalue weighted by Gasteiger charge is -2.35. The van der Waals surface area contributed by atoms with Crippen LogP contribution >= 0.6 is 23.2 Å². The molecule has 1 saturated heterocycles. The zero-order valence-corrected chi connectivity index (χ0v) is 13.0. The first-order valence-electron chi connectivity index (χ1n) is 7.10. The molecule has 0 atom stereocenters. The van der Waals surface area contributed by atoms with E-state index in [1.54, 1.807) is 0 Å². The van der Waals surface area contributed by atoms with E-state index in [4.69, 9.17) is 23.2 Å². The molecule has 1 aliphatic rings. The first-order valence-corrected chi connectivity index (χ1v) is 7.85. The maximum atomic E-state index is 6.29. The molecule has 0 amide bonds. The summed E-state index contributed by atoms with van der Waals surface area (Å²) in [6.07, 6.45) is 3.58. The van der Waals surface area contributed by atoms with Crippen molar-refractivity contribution >= 4 is 23.2 Å². The van der Waals surface area contributed by atoms with E-state index < -0.39 is 0 Å². The monoisotopic (exact) mass is 300 g/mol. The number of hydrogen-bond donors (Lipinski definition) is 1. The smallest absolute Gasteiger partial charge is 0.0465 e. The summed E-state index contributed by atoms with van der Waals surface area (Å²) < 4.78 is 0. The van der Waals surface area contributed by atoms with Gasteiger partial charge in [-0.05, 0) is 51.0 Å². The highest BCUT2D eigenvalue weighted by Gasteiger charge is 2.21. The predicted octanol–water partition coefficient (Wildman–Crippen LogP) is 3.96. The molecule has 2 nitrogen and oxygen atoms in total. The molecule has 1 fully saturated rings. The third-order valence-corrected chi connectivity index (χ3v) is 4.47. The molecule has 1 N–H and O–H groups in total. The van der Waals surface area contributed by atoms with Crippen LogP contribution < -0.4 is 5.32 Å². The van der Waals surface area contributed by atoms with Crippen molar-refractivity contribution in [2.45, 2.75) is 38.8 Å². The van der Waals surface area contributed by atoms with Crippen molar-refractivity contribution in [3.63, 3.8) is 0 Å². The molecule has 19 heavy (non-hydrogen) atoms. The lowest BCUT2D eigenvalue weighted by Crippen LogP contribution is -2.43. The molecule has 0 radical (unpaired) electrons. The summed E-state index contributed by atoms with van der Waals surface area (Å²) in [4.78, 5) is 2.54. The molecule has 1 aliphatic heterocycles. The molecule has 0 saturated carbocycles. The van der Waals surface area contributed by atoms with E-state index >= 15 is 0 Å². The lowest BCUT2D eigenvalue weighted by molar-refractivity contribution is 0.154. The van der Waals surface area contributed by atoms with Crippen LogP contribution in [0.5, 0.6) is 0 Å². The Hall–Kier alpha value is -0.280. The van der Waals surface area contributed by atoms with Crippen LogP contribution in [0.2, 0.25) is 10.0 Å². The number of benzene rings is 1. The summed E-state index contributed by atoms with van der Waals surface area (Å²) in [6.45, 7) is 6.41. The Morgan fingerprint density at radius 2 is 1.84 bits per heavy atom. The van der Waals surface area contributed by atoms with Gasteiger partial charge in [-0.3, -0.25) is 4.90 Å². The van der Waals surface area contributed by atoms with E-state index in [2.05, 4.69) is 17.1 Å². The van der Waals surface area contributed by atoms with Crippen LogP contribution in [-0.2, 0) is 6.54 Å². The molecule has 0 spiro atoms. The molecule has 0 aromatic heterocycles. The van der Waals surface area contributed by atoms with Crippen molar-refractivity contribution in [3.8, 4) is 0 Å². The Morgan fingerprint density at radius 3 is 2.42 bits per heavy atom. The van der Waals surface area contributed by atoms with E-state index in [9.17, 15) is 0 Å². The third kappa shape index (κ3) is 4.09. The SMILES string of the molecule is CCCN(Cc1c(Cl)cccc1Cl)C1CCNCC1. The standard InChI is InChI=1S/C15H22Cl2N2/c1-2-10-19(12-6-8-18-9-7-12)11-13-14(16)4-3-5-15(13)17/h3-5,12,18H,2,6-11H2,1H3. The minimum atomic E-state index is 0.647. The highest BCUT2D eigenvalue weighted by molar-refractivity contribution is 6.35. The normalized spacial score (nSPS) is 17.1.